The van der Waals surface area contributed by atoms with Crippen molar-refractivity contribution in [2.75, 3.05) is 0 Å². The summed E-state index contributed by atoms with van der Waals surface area (Å²) in [6, 6.07) is 0. The van der Waals surface area contributed by atoms with Crippen LogP contribution in [0.2, 0.25) is 0 Å². The van der Waals surface area contributed by atoms with E-state index in [0.29, 0.717) is 0 Å². The maximum Gasteiger partial charge on any atom is 0.154 e. The van der Waals surface area contributed by atoms with Gasteiger partial charge in [-0.15, -0.1) is 0 Å². The summed E-state index contributed by atoms with van der Waals surface area (Å²) in [6.45, 7) is 0. The van der Waals surface area contributed by atoms with Crippen LogP contribution in [-0.2, 0) is 0 Å². The van der Waals surface area contributed by atoms with Gasteiger partial charge in [0, 0.05) is 0 Å². The van der Waals surface area contributed by atoms with E-state index in [4.69, 9.17) is 5.11 Å². The van der Waals surface area contributed by atoms with Crippen LogP contribution in [0, 0.1) is 0 Å². The van der Waals surface area contributed by atoms with Gasteiger partial charge in [-0.1, -0.05) is 0 Å². The Kier molecular flexibility index (Phi) is 0.941. The zero-order valence-corrected chi connectivity index (χ0v) is 4.34. The van der Waals surface area contributed by atoms with Crippen molar-refractivity contribution in [1.82, 2.24) is 9.19 Å². The second-order valence-electron chi connectivity index (χ2n) is 1.12. The van der Waals surface area contributed by atoms with Gasteiger partial charge in [0.2, 0.25) is 0 Å². The molecule has 0 aliphatic rings. The second-order valence-corrected chi connectivity index (χ2v) is 1.53. The van der Waals surface area contributed by atoms with E-state index in [1.54, 1.807) is 0 Å². The van der Waals surface area contributed by atoms with E-state index in [1.165, 1.54) is 16.5 Å². The molecule has 38 valence electrons. The smallest absolute Gasteiger partial charge is 0.154 e. The fourth-order valence-electron chi connectivity index (χ4n) is 0.303. The zero-order chi connectivity index (χ0) is 5.28. The second kappa shape index (κ2) is 1.46. The quantitative estimate of drug-likeness (QED) is 0.478. The highest BCUT2D eigenvalue weighted by molar-refractivity contribution is 7.78. The van der Waals surface area contributed by atoms with Crippen LogP contribution in [0.4, 0.5) is 0 Å². The molecule has 1 N–H and O–H groups in total. The fourth-order valence-corrected chi connectivity index (χ4v) is 0.473. The van der Waals surface area contributed by atoms with Crippen molar-refractivity contribution >= 4 is 12.8 Å². The van der Waals surface area contributed by atoms with E-state index in [2.05, 4.69) is 17.9 Å². The molecule has 4 heteroatoms. The minimum Gasteiger partial charge on any atom is -0.505 e. The Labute approximate surface area is 46.1 Å². The van der Waals surface area contributed by atoms with E-state index in [-0.39, 0.29) is 5.75 Å². The lowest BCUT2D eigenvalue weighted by atomic mass is 10.7. The molecule has 0 radical (unpaired) electrons. The largest absolute Gasteiger partial charge is 0.505 e. The van der Waals surface area contributed by atoms with Crippen LogP contribution in [0.5, 0.6) is 5.75 Å². The molecule has 1 aromatic rings. The van der Waals surface area contributed by atoms with Gasteiger partial charge in [0.05, 0.1) is 12.4 Å². The van der Waals surface area contributed by atoms with Crippen molar-refractivity contribution in [2.24, 2.45) is 0 Å². The highest BCUT2D eigenvalue weighted by atomic mass is 32.1. The number of aromatic hydroxyl groups is 1. The lowest BCUT2D eigenvalue weighted by Gasteiger charge is -1.76. The molecule has 0 aromatic carbocycles. The number of aromatic nitrogens is 2. The molecule has 0 aliphatic carbocycles. The first-order chi connectivity index (χ1) is 3.29. The standard InChI is InChI=1S/C3H4N2OS/c6-3-1-4-5(7)2-3/h1-2,6-7H. The number of nitrogens with zero attached hydrogens (tertiary/aromatic N) is 2. The van der Waals surface area contributed by atoms with Crippen LogP contribution in [0.3, 0.4) is 0 Å². The zero-order valence-electron chi connectivity index (χ0n) is 3.44. The van der Waals surface area contributed by atoms with Crippen LogP contribution < -0.4 is 0 Å². The van der Waals surface area contributed by atoms with E-state index < -0.39 is 0 Å². The van der Waals surface area contributed by atoms with Gasteiger partial charge >= 0.3 is 0 Å². The molecule has 0 saturated heterocycles. The Morgan fingerprint density at radius 1 is 1.86 bits per heavy atom. The molecule has 1 rings (SSSR count). The molecule has 7 heavy (non-hydrogen) atoms. The van der Waals surface area contributed by atoms with Crippen molar-refractivity contribution in [3.63, 3.8) is 0 Å². The van der Waals surface area contributed by atoms with Crippen LogP contribution >= 0.6 is 12.8 Å². The number of thiol groups is 1. The molecule has 3 nitrogen and oxygen atoms in total. The summed E-state index contributed by atoms with van der Waals surface area (Å²) in [6.07, 6.45) is 2.70. The maximum atomic E-state index is 8.52. The number of hydrogen-bond donors (Lipinski definition) is 2. The predicted molar refractivity (Wildman–Crippen MR) is 28.3 cm³/mol. The molecular formula is C3H4N2OS. The molecule has 1 heterocycles. The number of hydrogen-bond acceptors (Lipinski definition) is 3. The summed E-state index contributed by atoms with van der Waals surface area (Å²) in [5, 5.41) is 12.1. The molecule has 0 saturated carbocycles. The summed E-state index contributed by atoms with van der Waals surface area (Å²) in [5.74, 6) is 0.134. The van der Waals surface area contributed by atoms with Gasteiger partial charge in [-0.2, -0.15) is 5.10 Å². The normalized spacial score (nSPS) is 9.29. The summed E-state index contributed by atoms with van der Waals surface area (Å²) in [7, 11) is 0. The van der Waals surface area contributed by atoms with Crippen molar-refractivity contribution in [1.29, 1.82) is 0 Å². The third-order valence-corrected chi connectivity index (χ3v) is 0.775. The summed E-state index contributed by atoms with van der Waals surface area (Å²) in [4.78, 5) is 0. The van der Waals surface area contributed by atoms with Crippen LogP contribution in [0.15, 0.2) is 12.4 Å². The summed E-state index contributed by atoms with van der Waals surface area (Å²) >= 11 is 3.75. The van der Waals surface area contributed by atoms with E-state index in [1.807, 2.05) is 0 Å². The Morgan fingerprint density at radius 2 is 2.57 bits per heavy atom. The molecule has 0 spiro atoms. The maximum absolute atomic E-state index is 8.52. The third-order valence-electron chi connectivity index (χ3n) is 0.556. The molecule has 1 aromatic heterocycles. The highest BCUT2D eigenvalue weighted by Crippen LogP contribution is 2.03. The first-order valence-electron chi connectivity index (χ1n) is 1.72. The summed E-state index contributed by atoms with van der Waals surface area (Å²) < 4.78 is 1.23. The fraction of sp³-hybridized carbons (Fsp3) is 0. The van der Waals surface area contributed by atoms with Crippen LogP contribution in [0.25, 0.3) is 0 Å². The van der Waals surface area contributed by atoms with Gasteiger partial charge in [0.1, 0.15) is 0 Å². The lowest BCUT2D eigenvalue weighted by molar-refractivity contribution is 0.475. The predicted octanol–water partition coefficient (Wildman–Crippen LogP) is 0.282. The molecule has 0 aliphatic heterocycles. The third kappa shape index (κ3) is 0.866. The molecule has 0 fully saturated rings. The average molecular weight is 116 g/mol. The van der Waals surface area contributed by atoms with Crippen LogP contribution in [-0.4, -0.2) is 14.3 Å². The van der Waals surface area contributed by atoms with Gasteiger partial charge in [0.15, 0.2) is 5.75 Å². The Hall–Kier alpha value is -0.640. The number of rotatable bonds is 0. The molecular weight excluding hydrogens is 112 g/mol. The highest BCUT2D eigenvalue weighted by Gasteiger charge is 1.85. The van der Waals surface area contributed by atoms with Crippen molar-refractivity contribution < 1.29 is 5.11 Å². The van der Waals surface area contributed by atoms with Crippen molar-refractivity contribution in [2.45, 2.75) is 0 Å². The van der Waals surface area contributed by atoms with Crippen LogP contribution in [0.1, 0.15) is 0 Å². The van der Waals surface area contributed by atoms with Gasteiger partial charge in [-0.25, -0.2) is 4.09 Å². The average Bonchev–Trinajstić information content (AvgIpc) is 1.87. The van der Waals surface area contributed by atoms with Gasteiger partial charge in [-0.3, -0.25) is 0 Å². The first-order valence-corrected chi connectivity index (χ1v) is 2.12. The van der Waals surface area contributed by atoms with Crippen molar-refractivity contribution in [3.05, 3.63) is 12.4 Å². The Morgan fingerprint density at radius 3 is 2.71 bits per heavy atom. The SMILES string of the molecule is Oc1cnn(S)c1. The molecule has 0 bridgehead atoms. The topological polar surface area (TPSA) is 38.1 Å². The monoisotopic (exact) mass is 116 g/mol. The molecule has 0 unspecified atom stereocenters. The Bertz CT molecular complexity index is 145. The van der Waals surface area contributed by atoms with Gasteiger partial charge < -0.3 is 5.11 Å². The minimum atomic E-state index is 0.134. The van der Waals surface area contributed by atoms with E-state index in [9.17, 15) is 0 Å². The van der Waals surface area contributed by atoms with Gasteiger partial charge in [-0.05, 0) is 12.8 Å². The van der Waals surface area contributed by atoms with E-state index in [0.717, 1.165) is 0 Å². The first kappa shape index (κ1) is 4.52. The minimum absolute atomic E-state index is 0.134. The van der Waals surface area contributed by atoms with Crippen molar-refractivity contribution in [3.8, 4) is 5.75 Å². The Balaban J connectivity index is 3.04. The van der Waals surface area contributed by atoms with Gasteiger partial charge in [0.25, 0.3) is 0 Å². The van der Waals surface area contributed by atoms with E-state index >= 15 is 0 Å². The summed E-state index contributed by atoms with van der Waals surface area (Å²) in [5.41, 5.74) is 0. The lowest BCUT2D eigenvalue weighted by Crippen LogP contribution is -1.73. The molecule has 0 amide bonds. The molecule has 0 atom stereocenters.